The molecule has 7 nitrogen and oxygen atoms in total. The van der Waals surface area contributed by atoms with Gasteiger partial charge in [0, 0.05) is 12.7 Å². The standard InChI is InChI=1S/C26H25F3N4O3/c1-15-12-32(14-30-15)21-6-5-16(9-22(21)35-2)8-17-4-3-7-33-25(23(13-34)36-31-26(17)33)18-10-19(27)24(29)20(28)11-18/h5-6,8-12,14,23,25,34H,3-4,7,13H2,1-2H3/t23?,25-/m0/s1. The van der Waals surface area contributed by atoms with E-state index in [4.69, 9.17) is 9.57 Å². The van der Waals surface area contributed by atoms with E-state index in [1.54, 1.807) is 13.4 Å². The Balaban J connectivity index is 1.50. The van der Waals surface area contributed by atoms with Gasteiger partial charge in [0.25, 0.3) is 0 Å². The topological polar surface area (TPSA) is 72.1 Å². The number of ether oxygens (including phenoxy) is 1. The number of rotatable bonds is 5. The van der Waals surface area contributed by atoms with Crippen LogP contribution in [0.15, 0.2) is 53.6 Å². The smallest absolute Gasteiger partial charge is 0.194 e. The molecule has 1 unspecified atom stereocenters. The molecule has 188 valence electrons. The van der Waals surface area contributed by atoms with E-state index < -0.39 is 36.2 Å². The molecule has 10 heteroatoms. The maximum Gasteiger partial charge on any atom is 0.194 e. The molecule has 36 heavy (non-hydrogen) atoms. The van der Waals surface area contributed by atoms with Gasteiger partial charge in [0.15, 0.2) is 29.4 Å². The Morgan fingerprint density at radius 1 is 1.19 bits per heavy atom. The lowest BCUT2D eigenvalue weighted by molar-refractivity contribution is -0.0497. The monoisotopic (exact) mass is 498 g/mol. The zero-order valence-electron chi connectivity index (χ0n) is 19.8. The lowest BCUT2D eigenvalue weighted by atomic mass is 9.93. The number of imidazole rings is 1. The lowest BCUT2D eigenvalue weighted by Gasteiger charge is -2.43. The second-order valence-electron chi connectivity index (χ2n) is 8.80. The molecule has 1 N–H and O–H groups in total. The molecule has 3 heterocycles. The summed E-state index contributed by atoms with van der Waals surface area (Å²) >= 11 is 0. The molecule has 0 spiro atoms. The number of aromatic nitrogens is 2. The number of aliphatic hydroxyl groups excluding tert-OH is 1. The summed E-state index contributed by atoms with van der Waals surface area (Å²) in [5, 5.41) is 14.1. The van der Waals surface area contributed by atoms with Crippen LogP contribution in [0.5, 0.6) is 5.75 Å². The molecule has 1 saturated heterocycles. The largest absolute Gasteiger partial charge is 0.495 e. The van der Waals surface area contributed by atoms with Crippen LogP contribution in [0.1, 0.15) is 35.7 Å². The van der Waals surface area contributed by atoms with Crippen LogP contribution in [0.2, 0.25) is 0 Å². The third-order valence-corrected chi connectivity index (χ3v) is 6.43. The number of fused-ring (bicyclic) bond motifs is 1. The minimum atomic E-state index is -1.53. The van der Waals surface area contributed by atoms with Crippen molar-refractivity contribution in [2.24, 2.45) is 5.16 Å². The van der Waals surface area contributed by atoms with Crippen LogP contribution in [-0.2, 0) is 4.84 Å². The first-order valence-electron chi connectivity index (χ1n) is 11.5. The van der Waals surface area contributed by atoms with Crippen molar-refractivity contribution >= 4 is 11.9 Å². The van der Waals surface area contributed by atoms with E-state index in [1.165, 1.54) is 0 Å². The van der Waals surface area contributed by atoms with Crippen molar-refractivity contribution in [1.82, 2.24) is 14.5 Å². The Kier molecular flexibility index (Phi) is 6.44. The SMILES string of the molecule is COc1cc(C=C2CCCN3C2=NOC(CO)[C@@H]3c2cc(F)c(F)c(F)c2)ccc1-n1cnc(C)c1. The summed E-state index contributed by atoms with van der Waals surface area (Å²) in [5.41, 5.74) is 3.62. The van der Waals surface area contributed by atoms with Crippen LogP contribution in [0.25, 0.3) is 11.8 Å². The van der Waals surface area contributed by atoms with Gasteiger partial charge in [-0.15, -0.1) is 0 Å². The first-order valence-corrected chi connectivity index (χ1v) is 11.5. The Morgan fingerprint density at radius 2 is 1.97 bits per heavy atom. The van der Waals surface area contributed by atoms with Gasteiger partial charge in [-0.25, -0.2) is 18.2 Å². The minimum absolute atomic E-state index is 0.167. The van der Waals surface area contributed by atoms with Crippen molar-refractivity contribution in [3.05, 3.63) is 82.7 Å². The Bertz CT molecular complexity index is 1330. The highest BCUT2D eigenvalue weighted by molar-refractivity contribution is 6.03. The summed E-state index contributed by atoms with van der Waals surface area (Å²) in [6, 6.07) is 6.93. The Labute approximate surface area is 206 Å². The van der Waals surface area contributed by atoms with Crippen LogP contribution in [0.4, 0.5) is 13.2 Å². The van der Waals surface area contributed by atoms with Gasteiger partial charge in [0.05, 0.1) is 37.5 Å². The summed E-state index contributed by atoms with van der Waals surface area (Å²) in [6.07, 6.45) is 6.16. The van der Waals surface area contributed by atoms with Crippen LogP contribution in [0.3, 0.4) is 0 Å². The molecule has 1 fully saturated rings. The first-order chi connectivity index (χ1) is 17.4. The number of methoxy groups -OCH3 is 1. The third-order valence-electron chi connectivity index (χ3n) is 6.43. The average Bonchev–Trinajstić information content (AvgIpc) is 3.32. The number of halogens is 3. The molecule has 1 aromatic heterocycles. The Morgan fingerprint density at radius 3 is 2.64 bits per heavy atom. The van der Waals surface area contributed by atoms with E-state index in [-0.39, 0.29) is 5.56 Å². The van der Waals surface area contributed by atoms with Gasteiger partial charge in [-0.2, -0.15) is 0 Å². The second kappa shape index (κ2) is 9.69. The lowest BCUT2D eigenvalue weighted by Crippen LogP contribution is -2.49. The average molecular weight is 499 g/mol. The summed E-state index contributed by atoms with van der Waals surface area (Å²) < 4.78 is 49.2. The number of hydrogen-bond acceptors (Lipinski definition) is 6. The van der Waals surface area contributed by atoms with E-state index in [0.717, 1.165) is 41.1 Å². The normalized spacial score (nSPS) is 20.7. The van der Waals surface area contributed by atoms with Gasteiger partial charge in [-0.05, 0) is 66.8 Å². The highest BCUT2D eigenvalue weighted by Gasteiger charge is 2.40. The highest BCUT2D eigenvalue weighted by atomic mass is 19.2. The number of oxime groups is 1. The quantitative estimate of drug-likeness (QED) is 0.524. The van der Waals surface area contributed by atoms with E-state index in [9.17, 15) is 18.3 Å². The van der Waals surface area contributed by atoms with E-state index in [1.807, 2.05) is 46.9 Å². The highest BCUT2D eigenvalue weighted by Crippen LogP contribution is 2.37. The maximum absolute atomic E-state index is 14.0. The molecule has 5 rings (SSSR count). The molecule has 0 radical (unpaired) electrons. The van der Waals surface area contributed by atoms with E-state index in [2.05, 4.69) is 10.1 Å². The summed E-state index contributed by atoms with van der Waals surface area (Å²) in [7, 11) is 1.60. The molecule has 2 aliphatic rings. The summed E-state index contributed by atoms with van der Waals surface area (Å²) in [6.45, 7) is 2.01. The van der Waals surface area contributed by atoms with Gasteiger partial charge < -0.3 is 24.1 Å². The van der Waals surface area contributed by atoms with Crippen molar-refractivity contribution in [3.63, 3.8) is 0 Å². The van der Waals surface area contributed by atoms with E-state index in [0.29, 0.717) is 24.6 Å². The second-order valence-corrected chi connectivity index (χ2v) is 8.80. The number of benzene rings is 2. The fourth-order valence-corrected chi connectivity index (χ4v) is 4.76. The number of aliphatic hydroxyl groups is 1. The molecular weight excluding hydrogens is 473 g/mol. The minimum Gasteiger partial charge on any atom is -0.495 e. The van der Waals surface area contributed by atoms with Crippen LogP contribution in [0, 0.1) is 24.4 Å². The van der Waals surface area contributed by atoms with Crippen LogP contribution >= 0.6 is 0 Å². The van der Waals surface area contributed by atoms with Crippen LogP contribution < -0.4 is 4.74 Å². The van der Waals surface area contributed by atoms with Gasteiger partial charge in [-0.3, -0.25) is 0 Å². The number of amidine groups is 1. The molecule has 0 bridgehead atoms. The first kappa shape index (κ1) is 23.9. The van der Waals surface area contributed by atoms with Crippen molar-refractivity contribution in [3.8, 4) is 11.4 Å². The van der Waals surface area contributed by atoms with Crippen molar-refractivity contribution in [2.75, 3.05) is 20.3 Å². The molecule has 2 aromatic carbocycles. The molecular formula is C26H25F3N4O3. The summed E-state index contributed by atoms with van der Waals surface area (Å²) in [5.74, 6) is -2.95. The third kappa shape index (κ3) is 4.32. The van der Waals surface area contributed by atoms with Crippen molar-refractivity contribution < 1.29 is 27.9 Å². The molecule has 2 aliphatic heterocycles. The number of nitrogens with zero attached hydrogens (tertiary/aromatic N) is 4. The molecule has 0 saturated carbocycles. The summed E-state index contributed by atoms with van der Waals surface area (Å²) in [4.78, 5) is 11.7. The Hall–Kier alpha value is -3.79. The van der Waals surface area contributed by atoms with Crippen LogP contribution in [-0.4, -0.2) is 51.8 Å². The zero-order chi connectivity index (χ0) is 25.4. The maximum atomic E-state index is 14.0. The van der Waals surface area contributed by atoms with Gasteiger partial charge in [-0.1, -0.05) is 11.2 Å². The molecule has 2 atom stereocenters. The van der Waals surface area contributed by atoms with Gasteiger partial charge in [0.1, 0.15) is 5.75 Å². The predicted octanol–water partition coefficient (Wildman–Crippen LogP) is 4.53. The molecule has 3 aromatic rings. The van der Waals surface area contributed by atoms with Gasteiger partial charge in [0.2, 0.25) is 0 Å². The molecule has 0 aliphatic carbocycles. The number of aryl methyl sites for hydroxylation is 1. The number of hydrogen-bond donors (Lipinski definition) is 1. The number of piperidine rings is 1. The zero-order valence-corrected chi connectivity index (χ0v) is 19.8. The fraction of sp³-hybridized carbons (Fsp3) is 0.308. The van der Waals surface area contributed by atoms with Gasteiger partial charge >= 0.3 is 0 Å². The van der Waals surface area contributed by atoms with Crippen molar-refractivity contribution in [1.29, 1.82) is 0 Å². The van der Waals surface area contributed by atoms with Crippen molar-refractivity contribution in [2.45, 2.75) is 31.9 Å². The fourth-order valence-electron chi connectivity index (χ4n) is 4.76. The molecule has 0 amide bonds. The predicted molar refractivity (Wildman–Crippen MR) is 127 cm³/mol. The van der Waals surface area contributed by atoms with E-state index >= 15 is 0 Å².